The van der Waals surface area contributed by atoms with Crippen LogP contribution in [0.25, 0.3) is 21.8 Å². The second kappa shape index (κ2) is 5.36. The summed E-state index contributed by atoms with van der Waals surface area (Å²) in [5, 5.41) is 2.06. The van der Waals surface area contributed by atoms with Crippen molar-refractivity contribution in [3.63, 3.8) is 0 Å². The first-order chi connectivity index (χ1) is 10.2. The third kappa shape index (κ3) is 2.63. The second-order valence-electron chi connectivity index (χ2n) is 4.71. The van der Waals surface area contributed by atoms with Crippen LogP contribution in [0.3, 0.4) is 0 Å². The maximum atomic E-state index is 12.0. The van der Waals surface area contributed by atoms with Crippen molar-refractivity contribution in [2.45, 2.75) is 13.3 Å². The number of nitrogens with one attached hydrogen (secondary N) is 1. The van der Waals surface area contributed by atoms with Gasteiger partial charge in [0.05, 0.1) is 24.1 Å². The van der Waals surface area contributed by atoms with E-state index in [1.807, 2.05) is 36.4 Å². The van der Waals surface area contributed by atoms with Crippen LogP contribution >= 0.6 is 0 Å². The number of hydrogen-bond acceptors (Lipinski definition) is 4. The average molecular weight is 282 g/mol. The van der Waals surface area contributed by atoms with Gasteiger partial charge >= 0.3 is 5.97 Å². The minimum atomic E-state index is -0.448. The number of ether oxygens (including phenoxy) is 1. The van der Waals surface area contributed by atoms with Gasteiger partial charge in [-0.1, -0.05) is 24.3 Å². The third-order valence-corrected chi connectivity index (χ3v) is 3.25. The van der Waals surface area contributed by atoms with Gasteiger partial charge in [-0.15, -0.1) is 0 Å². The zero-order valence-corrected chi connectivity index (χ0v) is 11.6. The van der Waals surface area contributed by atoms with Gasteiger partial charge in [-0.3, -0.25) is 9.59 Å². The Labute approximate surface area is 120 Å². The first-order valence-corrected chi connectivity index (χ1v) is 6.74. The molecule has 5 heteroatoms. The zero-order valence-electron chi connectivity index (χ0n) is 11.6. The van der Waals surface area contributed by atoms with E-state index in [0.717, 1.165) is 10.8 Å². The topological polar surface area (TPSA) is 72.0 Å². The number of aromatic amines is 1. The van der Waals surface area contributed by atoms with Crippen molar-refractivity contribution in [1.29, 1.82) is 0 Å². The van der Waals surface area contributed by atoms with Crippen LogP contribution in [0.1, 0.15) is 12.6 Å². The Bertz CT molecular complexity index is 883. The fourth-order valence-electron chi connectivity index (χ4n) is 2.28. The lowest BCUT2D eigenvalue weighted by Gasteiger charge is -2.04. The fourth-order valence-corrected chi connectivity index (χ4v) is 2.28. The summed E-state index contributed by atoms with van der Waals surface area (Å²) in [6, 6.07) is 11.6. The smallest absolute Gasteiger partial charge is 0.312 e. The van der Waals surface area contributed by atoms with Gasteiger partial charge in [0.15, 0.2) is 0 Å². The van der Waals surface area contributed by atoms with E-state index in [-0.39, 0.29) is 24.3 Å². The summed E-state index contributed by atoms with van der Waals surface area (Å²) in [6.45, 7) is 2.01. The Morgan fingerprint density at radius 1 is 1.24 bits per heavy atom. The van der Waals surface area contributed by atoms with Crippen molar-refractivity contribution >= 4 is 27.8 Å². The van der Waals surface area contributed by atoms with Crippen molar-refractivity contribution < 1.29 is 9.53 Å². The molecule has 0 aliphatic carbocycles. The Kier molecular flexibility index (Phi) is 3.39. The molecule has 21 heavy (non-hydrogen) atoms. The Morgan fingerprint density at radius 2 is 1.95 bits per heavy atom. The number of carbonyl (C=O) groups excluding carboxylic acids is 1. The Morgan fingerprint density at radius 3 is 2.67 bits per heavy atom. The third-order valence-electron chi connectivity index (χ3n) is 3.25. The van der Waals surface area contributed by atoms with Crippen LogP contribution in [0.15, 0.2) is 41.2 Å². The summed E-state index contributed by atoms with van der Waals surface area (Å²) in [5.74, 6) is -0.448. The van der Waals surface area contributed by atoms with Crippen molar-refractivity contribution in [1.82, 2.24) is 9.97 Å². The molecule has 106 valence electrons. The maximum absolute atomic E-state index is 12.0. The quantitative estimate of drug-likeness (QED) is 0.590. The molecule has 0 amide bonds. The number of H-pyrrole nitrogens is 1. The number of benzene rings is 2. The van der Waals surface area contributed by atoms with Crippen molar-refractivity contribution in [2.24, 2.45) is 0 Å². The molecule has 0 aliphatic rings. The van der Waals surface area contributed by atoms with E-state index in [1.54, 1.807) is 6.92 Å². The van der Waals surface area contributed by atoms with E-state index in [1.165, 1.54) is 0 Å². The highest BCUT2D eigenvalue weighted by Gasteiger charge is 2.11. The van der Waals surface area contributed by atoms with Gasteiger partial charge in [-0.2, -0.15) is 0 Å². The number of fused-ring (bicyclic) bond motifs is 2. The van der Waals surface area contributed by atoms with E-state index in [4.69, 9.17) is 4.74 Å². The molecule has 0 bridgehead atoms. The molecule has 0 saturated carbocycles. The standard InChI is InChI=1S/C16H14N2O3/c1-2-21-15(19)9-14-16(20)18-13-8-11-6-4-3-5-10(11)7-12(13)17-14/h3-8H,2,9H2,1H3,(H,18,20). The number of aromatic nitrogens is 2. The molecule has 0 saturated heterocycles. The molecule has 0 spiro atoms. The maximum Gasteiger partial charge on any atom is 0.312 e. The largest absolute Gasteiger partial charge is 0.466 e. The molecule has 3 rings (SSSR count). The normalized spacial score (nSPS) is 10.9. The van der Waals surface area contributed by atoms with Crippen LogP contribution in [-0.2, 0) is 16.0 Å². The van der Waals surface area contributed by atoms with Crippen molar-refractivity contribution in [2.75, 3.05) is 6.61 Å². The summed E-state index contributed by atoms with van der Waals surface area (Å²) in [6.07, 6.45) is -0.119. The van der Waals surface area contributed by atoms with Crippen molar-refractivity contribution in [3.8, 4) is 0 Å². The highest BCUT2D eigenvalue weighted by atomic mass is 16.5. The summed E-state index contributed by atoms with van der Waals surface area (Å²) in [7, 11) is 0. The number of rotatable bonds is 3. The summed E-state index contributed by atoms with van der Waals surface area (Å²) in [5.41, 5.74) is 1.14. The molecule has 2 aromatic carbocycles. The van der Waals surface area contributed by atoms with E-state index < -0.39 is 5.97 Å². The minimum absolute atomic E-state index is 0.119. The van der Waals surface area contributed by atoms with Gasteiger partial charge in [0.1, 0.15) is 5.69 Å². The van der Waals surface area contributed by atoms with Gasteiger partial charge in [0, 0.05) is 0 Å². The molecule has 0 aliphatic heterocycles. The Hall–Kier alpha value is -2.69. The predicted octanol–water partition coefficient (Wildman–Crippen LogP) is 2.18. The van der Waals surface area contributed by atoms with E-state index >= 15 is 0 Å². The molecule has 1 N–H and O–H groups in total. The predicted molar refractivity (Wildman–Crippen MR) is 80.2 cm³/mol. The van der Waals surface area contributed by atoms with Gasteiger partial charge in [0.2, 0.25) is 0 Å². The molecular weight excluding hydrogens is 268 g/mol. The molecule has 5 nitrogen and oxygen atoms in total. The van der Waals surface area contributed by atoms with Gasteiger partial charge in [0.25, 0.3) is 5.56 Å². The van der Waals surface area contributed by atoms with Crippen LogP contribution < -0.4 is 5.56 Å². The highest BCUT2D eigenvalue weighted by molar-refractivity contribution is 5.94. The van der Waals surface area contributed by atoms with Gasteiger partial charge in [-0.25, -0.2) is 4.98 Å². The number of carbonyl (C=O) groups is 1. The summed E-state index contributed by atoms with van der Waals surface area (Å²) in [4.78, 5) is 30.6. The van der Waals surface area contributed by atoms with Crippen LogP contribution in [0.2, 0.25) is 0 Å². The van der Waals surface area contributed by atoms with Crippen molar-refractivity contribution in [3.05, 3.63) is 52.4 Å². The van der Waals surface area contributed by atoms with Gasteiger partial charge in [-0.05, 0) is 29.8 Å². The fraction of sp³-hybridized carbons (Fsp3) is 0.188. The molecule has 1 heterocycles. The second-order valence-corrected chi connectivity index (χ2v) is 4.71. The van der Waals surface area contributed by atoms with Crippen LogP contribution in [0, 0.1) is 0 Å². The SMILES string of the molecule is CCOC(=O)Cc1nc2cc3ccccc3cc2[nH]c1=O. The monoisotopic (exact) mass is 282 g/mol. The van der Waals surface area contributed by atoms with Gasteiger partial charge < -0.3 is 9.72 Å². The molecule has 0 atom stereocenters. The molecule has 0 unspecified atom stereocenters. The van der Waals surface area contributed by atoms with Crippen LogP contribution in [0.4, 0.5) is 0 Å². The lowest BCUT2D eigenvalue weighted by atomic mass is 10.1. The molecule has 3 aromatic rings. The number of nitrogens with zero attached hydrogens (tertiary/aromatic N) is 1. The molecule has 0 radical (unpaired) electrons. The van der Waals surface area contributed by atoms with E-state index in [2.05, 4.69) is 9.97 Å². The lowest BCUT2D eigenvalue weighted by molar-refractivity contribution is -0.142. The average Bonchev–Trinajstić information content (AvgIpc) is 2.46. The number of hydrogen-bond donors (Lipinski definition) is 1. The zero-order chi connectivity index (χ0) is 14.8. The summed E-state index contributed by atoms with van der Waals surface area (Å²) < 4.78 is 4.85. The Balaban J connectivity index is 2.11. The van der Waals surface area contributed by atoms with Crippen LogP contribution in [-0.4, -0.2) is 22.5 Å². The molecule has 1 aromatic heterocycles. The van der Waals surface area contributed by atoms with E-state index in [0.29, 0.717) is 11.0 Å². The number of esters is 1. The first kappa shape index (κ1) is 13.3. The lowest BCUT2D eigenvalue weighted by Crippen LogP contribution is -2.20. The highest BCUT2D eigenvalue weighted by Crippen LogP contribution is 2.19. The van der Waals surface area contributed by atoms with E-state index in [9.17, 15) is 9.59 Å². The van der Waals surface area contributed by atoms with Crippen LogP contribution in [0.5, 0.6) is 0 Å². The summed E-state index contributed by atoms with van der Waals surface area (Å²) >= 11 is 0. The molecule has 0 fully saturated rings. The first-order valence-electron chi connectivity index (χ1n) is 6.74. The minimum Gasteiger partial charge on any atom is -0.466 e. The molecular formula is C16H14N2O3.